The highest BCUT2D eigenvalue weighted by Crippen LogP contribution is 2.24. The van der Waals surface area contributed by atoms with Gasteiger partial charge < -0.3 is 35.6 Å². The molecule has 1 fully saturated rings. The first kappa shape index (κ1) is 14.0. The summed E-state index contributed by atoms with van der Waals surface area (Å²) in [7, 11) is 0. The monoisotopic (exact) mass is 271 g/mol. The number of anilines is 1. The van der Waals surface area contributed by atoms with E-state index in [1.807, 2.05) is 0 Å². The first-order chi connectivity index (χ1) is 9.02. The molecule has 0 saturated carbocycles. The van der Waals surface area contributed by atoms with Gasteiger partial charge in [0.1, 0.15) is 30.2 Å². The molecule has 1 aromatic rings. The maximum absolute atomic E-state index is 9.77. The molecule has 7 heteroatoms. The second-order valence-electron chi connectivity index (χ2n) is 4.38. The highest BCUT2D eigenvalue weighted by Gasteiger charge is 2.44. The summed E-state index contributed by atoms with van der Waals surface area (Å²) in [5.41, 5.74) is 6.09. The topological polar surface area (TPSA) is 125 Å². The Bertz CT molecular complexity index is 409. The van der Waals surface area contributed by atoms with Gasteiger partial charge in [0.2, 0.25) is 6.29 Å². The quantitative estimate of drug-likeness (QED) is 0.421. The number of nitrogen functional groups attached to an aromatic ring is 1. The van der Waals surface area contributed by atoms with Crippen LogP contribution in [0.5, 0.6) is 5.75 Å². The lowest BCUT2D eigenvalue weighted by atomic mass is 9.99. The van der Waals surface area contributed by atoms with Crippen LogP contribution in [0.3, 0.4) is 0 Å². The van der Waals surface area contributed by atoms with Gasteiger partial charge in [-0.2, -0.15) is 0 Å². The smallest absolute Gasteiger partial charge is 0.229 e. The Hall–Kier alpha value is -1.38. The van der Waals surface area contributed by atoms with Gasteiger partial charge in [-0.25, -0.2) is 0 Å². The van der Waals surface area contributed by atoms with Crippen molar-refractivity contribution >= 4 is 5.69 Å². The molecular weight excluding hydrogens is 254 g/mol. The van der Waals surface area contributed by atoms with Crippen molar-refractivity contribution in [2.45, 2.75) is 30.7 Å². The molecule has 4 unspecified atom stereocenters. The van der Waals surface area contributed by atoms with Gasteiger partial charge in [0.15, 0.2) is 0 Å². The van der Waals surface area contributed by atoms with E-state index in [0.717, 1.165) is 0 Å². The summed E-state index contributed by atoms with van der Waals surface area (Å²) in [5.74, 6) is 0.388. The van der Waals surface area contributed by atoms with Gasteiger partial charge in [-0.15, -0.1) is 0 Å². The first-order valence-corrected chi connectivity index (χ1v) is 5.85. The Kier molecular flexibility index (Phi) is 4.23. The Labute approximate surface area is 109 Å². The average molecular weight is 271 g/mol. The summed E-state index contributed by atoms with van der Waals surface area (Å²) in [6, 6.07) is 6.38. The third-order valence-electron chi connectivity index (χ3n) is 2.98. The number of aliphatic hydroxyl groups excluding tert-OH is 4. The molecule has 19 heavy (non-hydrogen) atoms. The minimum atomic E-state index is -1.45. The molecule has 0 aliphatic carbocycles. The number of nitrogens with two attached hydrogens (primary N) is 1. The van der Waals surface area contributed by atoms with Crippen LogP contribution in [0, 0.1) is 0 Å². The van der Waals surface area contributed by atoms with Crippen molar-refractivity contribution in [2.75, 3.05) is 12.3 Å². The van der Waals surface area contributed by atoms with E-state index < -0.39 is 37.3 Å². The Morgan fingerprint density at radius 1 is 1.05 bits per heavy atom. The van der Waals surface area contributed by atoms with Crippen LogP contribution in [-0.2, 0) is 4.74 Å². The molecule has 0 radical (unpaired) electrons. The zero-order chi connectivity index (χ0) is 14.0. The molecule has 7 nitrogen and oxygen atoms in total. The molecule has 1 aromatic carbocycles. The molecule has 5 atom stereocenters. The molecule has 1 heterocycles. The van der Waals surface area contributed by atoms with Crippen molar-refractivity contribution in [3.63, 3.8) is 0 Å². The average Bonchev–Trinajstić information content (AvgIpc) is 2.42. The molecule has 0 amide bonds. The van der Waals surface area contributed by atoms with Gasteiger partial charge in [0.25, 0.3) is 0 Å². The number of hydrogen-bond donors (Lipinski definition) is 5. The largest absolute Gasteiger partial charge is 0.462 e. The van der Waals surface area contributed by atoms with Crippen LogP contribution >= 0.6 is 0 Å². The van der Waals surface area contributed by atoms with Crippen molar-refractivity contribution in [2.24, 2.45) is 0 Å². The lowest BCUT2D eigenvalue weighted by molar-refractivity contribution is -0.277. The van der Waals surface area contributed by atoms with Crippen LogP contribution in [0.1, 0.15) is 0 Å². The Balaban J connectivity index is 2.08. The molecule has 1 aliphatic heterocycles. The van der Waals surface area contributed by atoms with Gasteiger partial charge in [-0.05, 0) is 24.3 Å². The van der Waals surface area contributed by atoms with Crippen LogP contribution in [0.15, 0.2) is 24.3 Å². The summed E-state index contributed by atoms with van der Waals surface area (Å²) >= 11 is 0. The van der Waals surface area contributed by atoms with Crippen LogP contribution < -0.4 is 10.5 Å². The molecule has 106 valence electrons. The second kappa shape index (κ2) is 5.72. The number of ether oxygens (including phenoxy) is 2. The minimum absolute atomic E-state index is 0.388. The van der Waals surface area contributed by atoms with Crippen LogP contribution in [0.2, 0.25) is 0 Å². The van der Waals surface area contributed by atoms with Gasteiger partial charge in [0, 0.05) is 5.69 Å². The fourth-order valence-corrected chi connectivity index (χ4v) is 1.85. The van der Waals surface area contributed by atoms with E-state index in [4.69, 9.17) is 20.3 Å². The molecular formula is C12H17NO6. The van der Waals surface area contributed by atoms with E-state index in [9.17, 15) is 15.3 Å². The van der Waals surface area contributed by atoms with Crippen molar-refractivity contribution in [3.8, 4) is 5.75 Å². The summed E-state index contributed by atoms with van der Waals surface area (Å²) in [6.45, 7) is -0.494. The van der Waals surface area contributed by atoms with Crippen molar-refractivity contribution in [1.82, 2.24) is 0 Å². The summed E-state index contributed by atoms with van der Waals surface area (Å²) < 4.78 is 10.6. The second-order valence-corrected chi connectivity index (χ2v) is 4.38. The predicted octanol–water partition coefficient (Wildman–Crippen LogP) is -1.55. The zero-order valence-electron chi connectivity index (χ0n) is 10.1. The number of aliphatic hydroxyl groups is 4. The maximum Gasteiger partial charge on any atom is 0.229 e. The molecule has 0 aromatic heterocycles. The van der Waals surface area contributed by atoms with Crippen molar-refractivity contribution in [3.05, 3.63) is 24.3 Å². The lowest BCUT2D eigenvalue weighted by Gasteiger charge is -2.39. The van der Waals surface area contributed by atoms with Gasteiger partial charge in [-0.1, -0.05) is 0 Å². The Morgan fingerprint density at radius 2 is 1.68 bits per heavy atom. The number of benzene rings is 1. The molecule has 2 rings (SSSR count). The fraction of sp³-hybridized carbons (Fsp3) is 0.500. The number of hydrogen-bond acceptors (Lipinski definition) is 7. The molecule has 6 N–H and O–H groups in total. The van der Waals surface area contributed by atoms with Gasteiger partial charge in [-0.3, -0.25) is 0 Å². The summed E-state index contributed by atoms with van der Waals surface area (Å²) in [4.78, 5) is 0. The van der Waals surface area contributed by atoms with Crippen molar-refractivity contribution < 1.29 is 29.9 Å². The van der Waals surface area contributed by atoms with Crippen LogP contribution in [0.25, 0.3) is 0 Å². The predicted molar refractivity (Wildman–Crippen MR) is 65.2 cm³/mol. The van der Waals surface area contributed by atoms with E-state index >= 15 is 0 Å². The van der Waals surface area contributed by atoms with Crippen molar-refractivity contribution in [1.29, 1.82) is 0 Å². The fourth-order valence-electron chi connectivity index (χ4n) is 1.85. The first-order valence-electron chi connectivity index (χ1n) is 5.85. The third-order valence-corrected chi connectivity index (χ3v) is 2.98. The standard InChI is InChI=1S/C12H17NO6/c13-6-1-3-7(4-2-6)18-12-11(17)10(16)9(15)8(5-14)19-12/h1-4,8-12,14-17H,5,13H2/t8?,9-,10?,11?,12?/m1/s1. The van der Waals surface area contributed by atoms with Gasteiger partial charge >= 0.3 is 0 Å². The highest BCUT2D eigenvalue weighted by molar-refractivity contribution is 5.41. The Morgan fingerprint density at radius 3 is 2.26 bits per heavy atom. The normalized spacial score (nSPS) is 35.1. The van der Waals surface area contributed by atoms with E-state index in [2.05, 4.69) is 0 Å². The zero-order valence-corrected chi connectivity index (χ0v) is 10.1. The number of rotatable bonds is 3. The summed E-state index contributed by atoms with van der Waals surface area (Å²) in [6.07, 6.45) is -6.44. The van der Waals surface area contributed by atoms with E-state index in [0.29, 0.717) is 11.4 Å². The van der Waals surface area contributed by atoms with E-state index in [1.54, 1.807) is 24.3 Å². The lowest BCUT2D eigenvalue weighted by Crippen LogP contribution is -2.60. The van der Waals surface area contributed by atoms with Crippen LogP contribution in [-0.4, -0.2) is 57.7 Å². The van der Waals surface area contributed by atoms with Crippen LogP contribution in [0.4, 0.5) is 5.69 Å². The van der Waals surface area contributed by atoms with E-state index in [-0.39, 0.29) is 0 Å². The van der Waals surface area contributed by atoms with E-state index in [1.165, 1.54) is 0 Å². The maximum atomic E-state index is 9.77. The molecule has 1 saturated heterocycles. The minimum Gasteiger partial charge on any atom is -0.462 e. The van der Waals surface area contributed by atoms with Gasteiger partial charge in [0.05, 0.1) is 6.61 Å². The summed E-state index contributed by atoms with van der Waals surface area (Å²) in [5, 5.41) is 38.0. The molecule has 0 spiro atoms. The molecule has 0 bridgehead atoms. The SMILES string of the molecule is Nc1ccc(OC2OC(CO)[C@@H](O)C(O)C2O)cc1. The third kappa shape index (κ3) is 2.96. The highest BCUT2D eigenvalue weighted by atomic mass is 16.7. The molecule has 1 aliphatic rings.